The SMILES string of the molecule is CSCC(C)(O)CNC(C)CNC(=O)OC(C)(C)C. The van der Waals surface area contributed by atoms with Crippen LogP contribution in [0, 0.1) is 0 Å². The van der Waals surface area contributed by atoms with E-state index in [9.17, 15) is 9.90 Å². The molecule has 19 heavy (non-hydrogen) atoms. The van der Waals surface area contributed by atoms with Crippen molar-refractivity contribution in [1.82, 2.24) is 10.6 Å². The summed E-state index contributed by atoms with van der Waals surface area (Å²) in [5.74, 6) is 0.673. The van der Waals surface area contributed by atoms with Gasteiger partial charge in [0.15, 0.2) is 0 Å². The van der Waals surface area contributed by atoms with Crippen LogP contribution in [-0.4, -0.2) is 53.5 Å². The summed E-state index contributed by atoms with van der Waals surface area (Å²) >= 11 is 1.61. The lowest BCUT2D eigenvalue weighted by molar-refractivity contribution is 0.0519. The predicted molar refractivity (Wildman–Crippen MR) is 80.7 cm³/mol. The molecule has 0 radical (unpaired) electrons. The van der Waals surface area contributed by atoms with Crippen LogP contribution in [0.2, 0.25) is 0 Å². The quantitative estimate of drug-likeness (QED) is 0.665. The molecule has 6 heteroatoms. The van der Waals surface area contributed by atoms with Crippen molar-refractivity contribution < 1.29 is 14.6 Å². The van der Waals surface area contributed by atoms with Crippen LogP contribution in [0.1, 0.15) is 34.6 Å². The van der Waals surface area contributed by atoms with E-state index in [0.29, 0.717) is 18.8 Å². The second-order valence-corrected chi connectivity index (χ2v) is 6.96. The third-order valence-corrected chi connectivity index (χ3v) is 3.15. The fourth-order valence-corrected chi connectivity index (χ4v) is 2.10. The number of alkyl carbamates (subject to hydrolysis) is 1. The second kappa shape index (κ2) is 7.97. The summed E-state index contributed by atoms with van der Waals surface area (Å²) in [6, 6.07) is 0.0702. The molecule has 0 heterocycles. The van der Waals surface area contributed by atoms with E-state index in [4.69, 9.17) is 4.74 Å². The number of nitrogens with one attached hydrogen (secondary N) is 2. The minimum Gasteiger partial charge on any atom is -0.444 e. The Kier molecular flexibility index (Phi) is 7.78. The number of rotatable bonds is 7. The summed E-state index contributed by atoms with van der Waals surface area (Å²) < 4.78 is 5.14. The number of hydrogen-bond acceptors (Lipinski definition) is 5. The first kappa shape index (κ1) is 18.5. The lowest BCUT2D eigenvalue weighted by atomic mass is 10.1. The monoisotopic (exact) mass is 292 g/mol. The molecule has 0 spiro atoms. The summed E-state index contributed by atoms with van der Waals surface area (Å²) in [5, 5.41) is 15.9. The summed E-state index contributed by atoms with van der Waals surface area (Å²) in [6.45, 7) is 10.2. The molecular formula is C13H28N2O3S. The first-order valence-corrected chi connectivity index (χ1v) is 7.87. The minimum absolute atomic E-state index is 0.0702. The van der Waals surface area contributed by atoms with Crippen molar-refractivity contribution in [3.8, 4) is 0 Å². The maximum Gasteiger partial charge on any atom is 0.407 e. The molecule has 114 valence electrons. The number of aliphatic hydroxyl groups is 1. The standard InChI is InChI=1S/C13H28N2O3S/c1-10(15-8-13(5,17)9-19-6)7-14-11(16)18-12(2,3)4/h10,15,17H,7-9H2,1-6H3,(H,14,16). The first-order chi connectivity index (χ1) is 8.56. The number of hydrogen-bond donors (Lipinski definition) is 3. The third-order valence-electron chi connectivity index (χ3n) is 2.24. The lowest BCUT2D eigenvalue weighted by Gasteiger charge is -2.25. The Labute approximate surface area is 120 Å². The zero-order valence-corrected chi connectivity index (χ0v) is 13.7. The van der Waals surface area contributed by atoms with E-state index >= 15 is 0 Å². The summed E-state index contributed by atoms with van der Waals surface area (Å²) in [6.07, 6.45) is 1.54. The summed E-state index contributed by atoms with van der Waals surface area (Å²) in [5.41, 5.74) is -1.22. The normalized spacial score (nSPS) is 16.6. The molecule has 1 amide bonds. The zero-order chi connectivity index (χ0) is 15.1. The fourth-order valence-electron chi connectivity index (χ4n) is 1.38. The number of amides is 1. The van der Waals surface area contributed by atoms with E-state index in [1.165, 1.54) is 0 Å². The Bertz CT molecular complexity index is 278. The van der Waals surface area contributed by atoms with E-state index in [1.807, 2.05) is 34.0 Å². The third kappa shape index (κ3) is 11.1. The van der Waals surface area contributed by atoms with E-state index < -0.39 is 17.3 Å². The van der Waals surface area contributed by atoms with Crippen LogP contribution in [0.25, 0.3) is 0 Å². The van der Waals surface area contributed by atoms with Gasteiger partial charge >= 0.3 is 6.09 Å². The molecular weight excluding hydrogens is 264 g/mol. The molecule has 2 unspecified atom stereocenters. The number of thioether (sulfide) groups is 1. The highest BCUT2D eigenvalue weighted by atomic mass is 32.2. The van der Waals surface area contributed by atoms with E-state index in [0.717, 1.165) is 0 Å². The van der Waals surface area contributed by atoms with Crippen LogP contribution >= 0.6 is 11.8 Å². The van der Waals surface area contributed by atoms with Crippen molar-refractivity contribution in [1.29, 1.82) is 0 Å². The zero-order valence-electron chi connectivity index (χ0n) is 12.9. The Morgan fingerprint density at radius 3 is 2.42 bits per heavy atom. The Balaban J connectivity index is 3.87. The molecule has 0 fully saturated rings. The number of carbonyl (C=O) groups is 1. The van der Waals surface area contributed by atoms with Crippen LogP contribution in [0.5, 0.6) is 0 Å². The molecule has 5 nitrogen and oxygen atoms in total. The van der Waals surface area contributed by atoms with Crippen LogP contribution in [0.15, 0.2) is 0 Å². The van der Waals surface area contributed by atoms with Crippen LogP contribution in [-0.2, 0) is 4.74 Å². The highest BCUT2D eigenvalue weighted by Gasteiger charge is 2.20. The number of carbonyl (C=O) groups excluding carboxylic acids is 1. The molecule has 0 aliphatic carbocycles. The van der Waals surface area contributed by atoms with Crippen molar-refractivity contribution in [2.75, 3.05) is 25.1 Å². The molecule has 3 N–H and O–H groups in total. The van der Waals surface area contributed by atoms with Gasteiger partial charge in [-0.15, -0.1) is 0 Å². The molecule has 0 aliphatic rings. The van der Waals surface area contributed by atoms with E-state index in [-0.39, 0.29) is 6.04 Å². The van der Waals surface area contributed by atoms with Crippen molar-refractivity contribution >= 4 is 17.9 Å². The van der Waals surface area contributed by atoms with Gasteiger partial charge in [0.2, 0.25) is 0 Å². The smallest absolute Gasteiger partial charge is 0.407 e. The molecule has 0 saturated carbocycles. The largest absolute Gasteiger partial charge is 0.444 e. The summed E-state index contributed by atoms with van der Waals surface area (Å²) in [4.78, 5) is 11.5. The van der Waals surface area contributed by atoms with Crippen LogP contribution < -0.4 is 10.6 Å². The molecule has 0 rings (SSSR count). The van der Waals surface area contributed by atoms with Gasteiger partial charge in [0.25, 0.3) is 0 Å². The average Bonchev–Trinajstić information content (AvgIpc) is 2.21. The highest BCUT2D eigenvalue weighted by Crippen LogP contribution is 2.09. The van der Waals surface area contributed by atoms with Gasteiger partial charge < -0.3 is 20.5 Å². The average molecular weight is 292 g/mol. The number of ether oxygens (including phenoxy) is 1. The minimum atomic E-state index is -0.737. The first-order valence-electron chi connectivity index (χ1n) is 6.47. The van der Waals surface area contributed by atoms with Crippen LogP contribution in [0.4, 0.5) is 4.79 Å². The molecule has 0 bridgehead atoms. The van der Waals surface area contributed by atoms with Crippen molar-refractivity contribution in [2.24, 2.45) is 0 Å². The topological polar surface area (TPSA) is 70.6 Å². The highest BCUT2D eigenvalue weighted by molar-refractivity contribution is 7.98. The molecule has 0 saturated heterocycles. The fraction of sp³-hybridized carbons (Fsp3) is 0.923. The molecule has 0 aliphatic heterocycles. The van der Waals surface area contributed by atoms with Gasteiger partial charge in [-0.05, 0) is 40.9 Å². The Hall–Kier alpha value is -0.460. The maximum atomic E-state index is 11.5. The van der Waals surface area contributed by atoms with Crippen molar-refractivity contribution in [3.63, 3.8) is 0 Å². The Morgan fingerprint density at radius 2 is 1.95 bits per heavy atom. The van der Waals surface area contributed by atoms with Gasteiger partial charge in [0.05, 0.1) is 5.60 Å². The lowest BCUT2D eigenvalue weighted by Crippen LogP contribution is -2.47. The van der Waals surface area contributed by atoms with Crippen LogP contribution in [0.3, 0.4) is 0 Å². The maximum absolute atomic E-state index is 11.5. The van der Waals surface area contributed by atoms with Crippen molar-refractivity contribution in [3.05, 3.63) is 0 Å². The molecule has 0 aromatic rings. The Morgan fingerprint density at radius 1 is 1.37 bits per heavy atom. The van der Waals surface area contributed by atoms with Gasteiger partial charge in [0.1, 0.15) is 5.60 Å². The van der Waals surface area contributed by atoms with E-state index in [2.05, 4.69) is 10.6 Å². The van der Waals surface area contributed by atoms with Gasteiger partial charge in [-0.2, -0.15) is 11.8 Å². The van der Waals surface area contributed by atoms with Crippen molar-refractivity contribution in [2.45, 2.75) is 51.9 Å². The van der Waals surface area contributed by atoms with Gasteiger partial charge in [0, 0.05) is 24.9 Å². The second-order valence-electron chi connectivity index (χ2n) is 6.09. The van der Waals surface area contributed by atoms with Gasteiger partial charge in [-0.3, -0.25) is 0 Å². The molecule has 2 atom stereocenters. The predicted octanol–water partition coefficient (Wildman–Crippen LogP) is 1.60. The van der Waals surface area contributed by atoms with Gasteiger partial charge in [-0.1, -0.05) is 0 Å². The van der Waals surface area contributed by atoms with E-state index in [1.54, 1.807) is 18.7 Å². The van der Waals surface area contributed by atoms with Gasteiger partial charge in [-0.25, -0.2) is 4.79 Å². The summed E-state index contributed by atoms with van der Waals surface area (Å²) in [7, 11) is 0. The molecule has 0 aromatic carbocycles. The molecule has 0 aromatic heterocycles.